The first-order chi connectivity index (χ1) is 8.20. The molecule has 17 heavy (non-hydrogen) atoms. The van der Waals surface area contributed by atoms with Crippen molar-refractivity contribution in [3.63, 3.8) is 0 Å². The second-order valence-electron chi connectivity index (χ2n) is 3.57. The molecule has 1 aliphatic rings. The molecule has 0 amide bonds. The highest BCUT2D eigenvalue weighted by Gasteiger charge is 2.15. The highest BCUT2D eigenvalue weighted by Crippen LogP contribution is 2.26. The summed E-state index contributed by atoms with van der Waals surface area (Å²) in [5, 5.41) is 0. The molecule has 90 valence electrons. The number of rotatable bonds is 4. The van der Waals surface area contributed by atoms with Gasteiger partial charge in [-0.1, -0.05) is 0 Å². The highest BCUT2D eigenvalue weighted by molar-refractivity contribution is 9.10. The van der Waals surface area contributed by atoms with E-state index in [1.54, 1.807) is 25.3 Å². The van der Waals surface area contributed by atoms with Gasteiger partial charge in [-0.05, 0) is 34.1 Å². The number of ketones is 1. The monoisotopic (exact) mass is 297 g/mol. The molecule has 0 radical (unpaired) electrons. The summed E-state index contributed by atoms with van der Waals surface area (Å²) in [6.45, 7) is 1.23. The van der Waals surface area contributed by atoms with E-state index in [1.165, 1.54) is 0 Å². The SMILES string of the molecule is COc1ccc(C(=O)CC2=NCCO2)cc1Br. The largest absolute Gasteiger partial charge is 0.496 e. The van der Waals surface area contributed by atoms with E-state index in [9.17, 15) is 4.79 Å². The minimum absolute atomic E-state index is 0.00555. The third kappa shape index (κ3) is 2.85. The second-order valence-corrected chi connectivity index (χ2v) is 4.43. The van der Waals surface area contributed by atoms with Gasteiger partial charge in [-0.15, -0.1) is 0 Å². The van der Waals surface area contributed by atoms with E-state index in [-0.39, 0.29) is 12.2 Å². The van der Waals surface area contributed by atoms with Gasteiger partial charge < -0.3 is 9.47 Å². The molecular formula is C12H12BrNO3. The summed E-state index contributed by atoms with van der Waals surface area (Å²) in [4.78, 5) is 16.0. The average molecular weight is 298 g/mol. The van der Waals surface area contributed by atoms with Crippen LogP contribution in [0.4, 0.5) is 0 Å². The minimum atomic E-state index is -0.00555. The number of ether oxygens (including phenoxy) is 2. The first kappa shape index (κ1) is 12.1. The molecule has 0 spiro atoms. The van der Waals surface area contributed by atoms with Crippen LogP contribution in [0.3, 0.4) is 0 Å². The summed E-state index contributed by atoms with van der Waals surface area (Å²) in [7, 11) is 1.59. The molecule has 1 aliphatic heterocycles. The van der Waals surface area contributed by atoms with Crippen molar-refractivity contribution in [1.29, 1.82) is 0 Å². The van der Waals surface area contributed by atoms with Crippen LogP contribution in [-0.2, 0) is 4.74 Å². The molecule has 0 N–H and O–H groups in total. The van der Waals surface area contributed by atoms with Gasteiger partial charge in [0.25, 0.3) is 0 Å². The van der Waals surface area contributed by atoms with Crippen LogP contribution in [0.25, 0.3) is 0 Å². The second kappa shape index (κ2) is 5.31. The van der Waals surface area contributed by atoms with E-state index >= 15 is 0 Å². The van der Waals surface area contributed by atoms with Gasteiger partial charge in [0.1, 0.15) is 12.4 Å². The molecule has 1 heterocycles. The number of hydrogen-bond acceptors (Lipinski definition) is 4. The Bertz CT molecular complexity index is 471. The number of hydrogen-bond donors (Lipinski definition) is 0. The molecule has 0 bridgehead atoms. The Morgan fingerprint density at radius 2 is 2.41 bits per heavy atom. The van der Waals surface area contributed by atoms with Gasteiger partial charge in [0, 0.05) is 5.56 Å². The third-order valence-corrected chi connectivity index (χ3v) is 3.05. The first-order valence-electron chi connectivity index (χ1n) is 5.23. The van der Waals surface area contributed by atoms with Gasteiger partial charge >= 0.3 is 0 Å². The van der Waals surface area contributed by atoms with Gasteiger partial charge in [-0.2, -0.15) is 0 Å². The Hall–Kier alpha value is -1.36. The van der Waals surface area contributed by atoms with E-state index in [0.29, 0.717) is 30.4 Å². The van der Waals surface area contributed by atoms with E-state index in [2.05, 4.69) is 20.9 Å². The quantitative estimate of drug-likeness (QED) is 0.802. The molecular weight excluding hydrogens is 286 g/mol. The predicted molar refractivity (Wildman–Crippen MR) is 67.9 cm³/mol. The van der Waals surface area contributed by atoms with Crippen molar-refractivity contribution in [2.45, 2.75) is 6.42 Å². The Balaban J connectivity index is 2.11. The fourth-order valence-corrected chi connectivity index (χ4v) is 2.11. The number of methoxy groups -OCH3 is 1. The lowest BCUT2D eigenvalue weighted by Gasteiger charge is -2.05. The molecule has 4 nitrogen and oxygen atoms in total. The predicted octanol–water partition coefficient (Wildman–Crippen LogP) is 2.46. The summed E-state index contributed by atoms with van der Waals surface area (Å²) < 4.78 is 11.1. The van der Waals surface area contributed by atoms with Crippen molar-refractivity contribution >= 4 is 27.6 Å². The number of halogens is 1. The molecule has 0 saturated carbocycles. The van der Waals surface area contributed by atoms with E-state index in [1.807, 2.05) is 0 Å². The normalized spacial score (nSPS) is 14.1. The van der Waals surface area contributed by atoms with Gasteiger partial charge in [-0.25, -0.2) is 0 Å². The van der Waals surface area contributed by atoms with Crippen molar-refractivity contribution in [3.05, 3.63) is 28.2 Å². The van der Waals surface area contributed by atoms with Gasteiger partial charge in [-0.3, -0.25) is 9.79 Å². The van der Waals surface area contributed by atoms with Crippen molar-refractivity contribution in [3.8, 4) is 5.75 Å². The zero-order valence-electron chi connectivity index (χ0n) is 9.40. The number of carbonyl (C=O) groups excluding carboxylic acids is 1. The average Bonchev–Trinajstić information content (AvgIpc) is 2.81. The summed E-state index contributed by atoms with van der Waals surface area (Å²) in [5.74, 6) is 1.23. The molecule has 0 unspecified atom stereocenters. The number of benzene rings is 1. The maximum atomic E-state index is 11.9. The summed E-state index contributed by atoms with van der Waals surface area (Å²) in [6, 6.07) is 5.24. The van der Waals surface area contributed by atoms with Crippen LogP contribution in [0.15, 0.2) is 27.7 Å². The molecule has 5 heteroatoms. The third-order valence-electron chi connectivity index (χ3n) is 2.43. The molecule has 0 aromatic heterocycles. The van der Waals surface area contributed by atoms with Crippen molar-refractivity contribution in [2.75, 3.05) is 20.3 Å². The summed E-state index contributed by atoms with van der Waals surface area (Å²) >= 11 is 3.35. The first-order valence-corrected chi connectivity index (χ1v) is 6.03. The molecule has 0 atom stereocenters. The smallest absolute Gasteiger partial charge is 0.191 e. The summed E-state index contributed by atoms with van der Waals surface area (Å²) in [5.41, 5.74) is 0.621. The Morgan fingerprint density at radius 1 is 1.59 bits per heavy atom. The fraction of sp³-hybridized carbons (Fsp3) is 0.333. The van der Waals surface area contributed by atoms with Crippen LogP contribution < -0.4 is 4.74 Å². The molecule has 0 saturated heterocycles. The van der Waals surface area contributed by atoms with Gasteiger partial charge in [0.05, 0.1) is 24.5 Å². The summed E-state index contributed by atoms with van der Waals surface area (Å²) in [6.07, 6.45) is 0.221. The topological polar surface area (TPSA) is 47.9 Å². The zero-order valence-corrected chi connectivity index (χ0v) is 11.0. The van der Waals surface area contributed by atoms with Crippen LogP contribution >= 0.6 is 15.9 Å². The van der Waals surface area contributed by atoms with E-state index in [4.69, 9.17) is 9.47 Å². The van der Waals surface area contributed by atoms with Crippen LogP contribution in [0.5, 0.6) is 5.75 Å². The molecule has 2 rings (SSSR count). The number of carbonyl (C=O) groups is 1. The van der Waals surface area contributed by atoms with E-state index in [0.717, 1.165) is 4.47 Å². The number of nitrogens with zero attached hydrogens (tertiary/aromatic N) is 1. The van der Waals surface area contributed by atoms with Crippen LogP contribution in [0.2, 0.25) is 0 Å². The lowest BCUT2D eigenvalue weighted by Crippen LogP contribution is -2.08. The zero-order chi connectivity index (χ0) is 12.3. The number of Topliss-reactive ketones (excluding diaryl/α,β-unsaturated/α-hetero) is 1. The lowest BCUT2D eigenvalue weighted by molar-refractivity contribution is 0.0994. The maximum Gasteiger partial charge on any atom is 0.191 e. The van der Waals surface area contributed by atoms with Gasteiger partial charge in [0.15, 0.2) is 11.7 Å². The Kier molecular flexibility index (Phi) is 3.78. The molecule has 0 fully saturated rings. The van der Waals surface area contributed by atoms with Crippen LogP contribution in [0, 0.1) is 0 Å². The highest BCUT2D eigenvalue weighted by atomic mass is 79.9. The minimum Gasteiger partial charge on any atom is -0.496 e. The maximum absolute atomic E-state index is 11.9. The molecule has 1 aromatic carbocycles. The van der Waals surface area contributed by atoms with Gasteiger partial charge in [0.2, 0.25) is 0 Å². The Morgan fingerprint density at radius 3 is 3.00 bits per heavy atom. The van der Waals surface area contributed by atoms with Crippen molar-refractivity contribution in [1.82, 2.24) is 0 Å². The van der Waals surface area contributed by atoms with Crippen molar-refractivity contribution in [2.24, 2.45) is 4.99 Å². The number of aliphatic imine (C=N–C) groups is 1. The van der Waals surface area contributed by atoms with Crippen LogP contribution in [0.1, 0.15) is 16.8 Å². The standard InChI is InChI=1S/C12H12BrNO3/c1-16-11-3-2-8(6-9(11)13)10(15)7-12-14-4-5-17-12/h2-3,6H,4-5,7H2,1H3. The fourth-order valence-electron chi connectivity index (χ4n) is 1.57. The Labute approximate surface area is 108 Å². The van der Waals surface area contributed by atoms with Crippen molar-refractivity contribution < 1.29 is 14.3 Å². The van der Waals surface area contributed by atoms with Crippen LogP contribution in [-0.4, -0.2) is 31.9 Å². The van der Waals surface area contributed by atoms with E-state index < -0.39 is 0 Å². The lowest BCUT2D eigenvalue weighted by atomic mass is 10.1. The molecule has 0 aliphatic carbocycles. The molecule has 1 aromatic rings.